The summed E-state index contributed by atoms with van der Waals surface area (Å²) in [4.78, 5) is 34.4. The number of rotatable bonds is 7. The van der Waals surface area contributed by atoms with Gasteiger partial charge >= 0.3 is 0 Å². The van der Waals surface area contributed by atoms with Crippen molar-refractivity contribution in [3.63, 3.8) is 0 Å². The molecule has 0 aliphatic rings. The van der Waals surface area contributed by atoms with Crippen molar-refractivity contribution in [1.82, 2.24) is 10.6 Å². The number of nitro benzene ring substituents is 1. The molecule has 136 valence electrons. The second-order valence-electron chi connectivity index (χ2n) is 6.06. The van der Waals surface area contributed by atoms with E-state index in [1.165, 1.54) is 18.2 Å². The maximum absolute atomic E-state index is 12.1. The molecule has 2 amide bonds. The first-order chi connectivity index (χ1) is 12.4. The fourth-order valence-electron chi connectivity index (χ4n) is 2.44. The first-order valence-corrected chi connectivity index (χ1v) is 8.23. The van der Waals surface area contributed by atoms with E-state index in [1.54, 1.807) is 6.92 Å². The molecule has 0 heterocycles. The minimum atomic E-state index is -0.538. The Morgan fingerprint density at radius 3 is 2.46 bits per heavy atom. The van der Waals surface area contributed by atoms with Crippen molar-refractivity contribution in [2.75, 3.05) is 13.1 Å². The zero-order valence-corrected chi connectivity index (χ0v) is 14.7. The molecular formula is C19H21N3O4. The van der Waals surface area contributed by atoms with E-state index < -0.39 is 10.8 Å². The van der Waals surface area contributed by atoms with Crippen molar-refractivity contribution in [1.29, 1.82) is 0 Å². The summed E-state index contributed by atoms with van der Waals surface area (Å²) >= 11 is 0. The Morgan fingerprint density at radius 2 is 1.81 bits per heavy atom. The molecule has 0 saturated carbocycles. The first kappa shape index (κ1) is 19.1. The first-order valence-electron chi connectivity index (χ1n) is 8.23. The number of nitrogens with one attached hydrogen (secondary N) is 2. The molecule has 26 heavy (non-hydrogen) atoms. The number of nitrogens with zero attached hydrogens (tertiary/aromatic N) is 1. The van der Waals surface area contributed by atoms with E-state index in [4.69, 9.17) is 0 Å². The quantitative estimate of drug-likeness (QED) is 0.589. The number of amides is 2. The zero-order chi connectivity index (χ0) is 19.1. The molecule has 7 heteroatoms. The predicted octanol–water partition coefficient (Wildman–Crippen LogP) is 2.55. The van der Waals surface area contributed by atoms with Crippen LogP contribution in [-0.4, -0.2) is 29.8 Å². The highest BCUT2D eigenvalue weighted by atomic mass is 16.6. The van der Waals surface area contributed by atoms with Crippen molar-refractivity contribution in [2.45, 2.75) is 19.8 Å². The summed E-state index contributed by atoms with van der Waals surface area (Å²) < 4.78 is 0. The highest BCUT2D eigenvalue weighted by molar-refractivity contribution is 5.97. The van der Waals surface area contributed by atoms with E-state index in [1.807, 2.05) is 37.3 Å². The van der Waals surface area contributed by atoms with Crippen molar-refractivity contribution in [3.05, 3.63) is 75.3 Å². The third-order valence-electron chi connectivity index (χ3n) is 4.05. The van der Waals surface area contributed by atoms with Gasteiger partial charge in [0.25, 0.3) is 11.6 Å². The molecule has 0 saturated heterocycles. The average Bonchev–Trinajstić information content (AvgIpc) is 2.64. The Hall–Kier alpha value is -3.22. The van der Waals surface area contributed by atoms with Gasteiger partial charge < -0.3 is 10.6 Å². The van der Waals surface area contributed by atoms with Crippen LogP contribution in [0.4, 0.5) is 5.69 Å². The maximum Gasteiger partial charge on any atom is 0.273 e. The molecule has 0 aromatic heterocycles. The normalized spacial score (nSPS) is 11.5. The van der Waals surface area contributed by atoms with Crippen LogP contribution in [0.5, 0.6) is 0 Å². The van der Waals surface area contributed by atoms with E-state index >= 15 is 0 Å². The lowest BCUT2D eigenvalue weighted by atomic mass is 10.0. The number of carbonyl (C=O) groups is 2. The number of benzene rings is 2. The smallest absolute Gasteiger partial charge is 0.273 e. The lowest BCUT2D eigenvalue weighted by molar-refractivity contribution is -0.385. The molecule has 0 spiro atoms. The van der Waals surface area contributed by atoms with Crippen molar-refractivity contribution < 1.29 is 14.5 Å². The molecule has 2 aromatic rings. The second kappa shape index (κ2) is 8.75. The fourth-order valence-corrected chi connectivity index (χ4v) is 2.44. The van der Waals surface area contributed by atoms with Gasteiger partial charge in [-0.05, 0) is 24.5 Å². The number of hydrogen-bond donors (Lipinski definition) is 2. The maximum atomic E-state index is 12.1. The van der Waals surface area contributed by atoms with Gasteiger partial charge in [0.05, 0.1) is 11.5 Å². The van der Waals surface area contributed by atoms with E-state index in [0.29, 0.717) is 12.1 Å². The lowest BCUT2D eigenvalue weighted by Gasteiger charge is -2.13. The summed E-state index contributed by atoms with van der Waals surface area (Å²) in [5.41, 5.74) is 1.61. The molecule has 1 unspecified atom stereocenters. The summed E-state index contributed by atoms with van der Waals surface area (Å²) in [6.45, 7) is 3.86. The molecule has 2 rings (SSSR count). The van der Waals surface area contributed by atoms with Crippen molar-refractivity contribution >= 4 is 17.5 Å². The Morgan fingerprint density at radius 1 is 1.12 bits per heavy atom. The second-order valence-corrected chi connectivity index (χ2v) is 6.06. The van der Waals surface area contributed by atoms with Crippen LogP contribution in [0.15, 0.2) is 48.5 Å². The fraction of sp³-hybridized carbons (Fsp3) is 0.263. The molecule has 0 fully saturated rings. The molecule has 2 N–H and O–H groups in total. The largest absolute Gasteiger partial charge is 0.354 e. The Bertz CT molecular complexity index is 806. The molecule has 7 nitrogen and oxygen atoms in total. The summed E-state index contributed by atoms with van der Waals surface area (Å²) in [5.74, 6) is -0.697. The van der Waals surface area contributed by atoms with Gasteiger partial charge in [-0.2, -0.15) is 0 Å². The van der Waals surface area contributed by atoms with Crippen LogP contribution in [-0.2, 0) is 4.79 Å². The summed E-state index contributed by atoms with van der Waals surface area (Å²) in [5, 5.41) is 16.2. The SMILES string of the molecule is Cc1ccc(C(=O)NCC(=O)NCC(C)c2ccccc2)cc1[N+](=O)[O-]. The Balaban J connectivity index is 1.84. The molecule has 2 aromatic carbocycles. The third kappa shape index (κ3) is 5.14. The number of carbonyl (C=O) groups excluding carboxylic acids is 2. The summed E-state index contributed by atoms with van der Waals surface area (Å²) in [6, 6.07) is 14.0. The number of hydrogen-bond acceptors (Lipinski definition) is 4. The van der Waals surface area contributed by atoms with Gasteiger partial charge in [0.15, 0.2) is 0 Å². The molecule has 0 bridgehead atoms. The van der Waals surface area contributed by atoms with Gasteiger partial charge in [-0.25, -0.2) is 0 Å². The van der Waals surface area contributed by atoms with Gasteiger partial charge in [-0.3, -0.25) is 19.7 Å². The predicted molar refractivity (Wildman–Crippen MR) is 98.0 cm³/mol. The van der Waals surface area contributed by atoms with E-state index in [0.717, 1.165) is 5.56 Å². The summed E-state index contributed by atoms with van der Waals surface area (Å²) in [7, 11) is 0. The van der Waals surface area contributed by atoms with E-state index in [9.17, 15) is 19.7 Å². The standard InChI is InChI=1S/C19H21N3O4/c1-13-8-9-16(10-17(13)22(25)26)19(24)21-12-18(23)20-11-14(2)15-6-4-3-5-7-15/h3-10,14H,11-12H2,1-2H3,(H,20,23)(H,21,24). The lowest BCUT2D eigenvalue weighted by Crippen LogP contribution is -2.38. The molecule has 0 aliphatic heterocycles. The van der Waals surface area contributed by atoms with Crippen LogP contribution < -0.4 is 10.6 Å². The average molecular weight is 355 g/mol. The van der Waals surface area contributed by atoms with Crippen molar-refractivity contribution in [2.24, 2.45) is 0 Å². The van der Waals surface area contributed by atoms with Crippen LogP contribution in [0.2, 0.25) is 0 Å². The van der Waals surface area contributed by atoms with Crippen LogP contribution >= 0.6 is 0 Å². The Kier molecular flexibility index (Phi) is 6.43. The zero-order valence-electron chi connectivity index (χ0n) is 14.7. The monoisotopic (exact) mass is 355 g/mol. The van der Waals surface area contributed by atoms with Gasteiger partial charge in [0.1, 0.15) is 0 Å². The van der Waals surface area contributed by atoms with Crippen LogP contribution in [0.3, 0.4) is 0 Å². The van der Waals surface area contributed by atoms with Gasteiger partial charge in [0.2, 0.25) is 5.91 Å². The van der Waals surface area contributed by atoms with Crippen LogP contribution in [0, 0.1) is 17.0 Å². The van der Waals surface area contributed by atoms with Gasteiger partial charge in [-0.1, -0.05) is 43.3 Å². The van der Waals surface area contributed by atoms with Crippen LogP contribution in [0.25, 0.3) is 0 Å². The van der Waals surface area contributed by atoms with E-state index in [2.05, 4.69) is 10.6 Å². The molecular weight excluding hydrogens is 334 g/mol. The van der Waals surface area contributed by atoms with Crippen molar-refractivity contribution in [3.8, 4) is 0 Å². The van der Waals surface area contributed by atoms with Gasteiger partial charge in [0, 0.05) is 23.7 Å². The minimum Gasteiger partial charge on any atom is -0.354 e. The molecule has 0 radical (unpaired) electrons. The number of nitro groups is 1. The minimum absolute atomic E-state index is 0.126. The molecule has 1 atom stereocenters. The Labute approximate surface area is 151 Å². The van der Waals surface area contributed by atoms with Crippen LogP contribution in [0.1, 0.15) is 34.3 Å². The number of aryl methyl sites for hydroxylation is 1. The summed E-state index contributed by atoms with van der Waals surface area (Å²) in [6.07, 6.45) is 0. The van der Waals surface area contributed by atoms with Gasteiger partial charge in [-0.15, -0.1) is 0 Å². The van der Waals surface area contributed by atoms with E-state index in [-0.39, 0.29) is 29.6 Å². The highest BCUT2D eigenvalue weighted by Crippen LogP contribution is 2.19. The third-order valence-corrected chi connectivity index (χ3v) is 4.05. The molecule has 0 aliphatic carbocycles. The highest BCUT2D eigenvalue weighted by Gasteiger charge is 2.15. The topological polar surface area (TPSA) is 101 Å².